The van der Waals surface area contributed by atoms with Gasteiger partial charge in [-0.3, -0.25) is 14.9 Å². The standard InChI is InChI=1S/C27H21F3N4O7S/c1-15-13-31(8-9-33(15)42(40,41)18-5-3-17(4-6-18)34(38)39)25-12-24-19(11-22(25)30)26(35)20(27(36)37)14-32(24)23-7-2-16(28)10-21(23)29/h2-7,10-12,14-15H,8-9,13H2,1H3,(H,36,37). The highest BCUT2D eigenvalue weighted by atomic mass is 32.2. The fraction of sp³-hybridized carbons (Fsp3) is 0.185. The third-order valence-electron chi connectivity index (χ3n) is 7.03. The normalized spacial score (nSPS) is 16.1. The lowest BCUT2D eigenvalue weighted by Crippen LogP contribution is -2.54. The molecule has 0 amide bonds. The number of sulfonamides is 1. The highest BCUT2D eigenvalue weighted by Gasteiger charge is 2.35. The number of hydrogen-bond donors (Lipinski definition) is 1. The number of hydrogen-bond acceptors (Lipinski definition) is 7. The number of piperazine rings is 1. The van der Waals surface area contributed by atoms with Crippen molar-refractivity contribution in [2.45, 2.75) is 17.9 Å². The van der Waals surface area contributed by atoms with Crippen LogP contribution in [0.15, 0.2) is 70.5 Å². The van der Waals surface area contributed by atoms with Crippen LogP contribution in [0.25, 0.3) is 16.6 Å². The molecule has 1 fully saturated rings. The van der Waals surface area contributed by atoms with Gasteiger partial charge in [0.1, 0.15) is 23.0 Å². The molecule has 0 aliphatic carbocycles. The lowest BCUT2D eigenvalue weighted by molar-refractivity contribution is -0.384. The monoisotopic (exact) mass is 602 g/mol. The summed E-state index contributed by atoms with van der Waals surface area (Å²) >= 11 is 0. The molecule has 218 valence electrons. The first-order valence-electron chi connectivity index (χ1n) is 12.4. The predicted octanol–water partition coefficient (Wildman–Crippen LogP) is 3.91. The average Bonchev–Trinajstić information content (AvgIpc) is 2.93. The fourth-order valence-corrected chi connectivity index (χ4v) is 6.61. The Balaban J connectivity index is 1.54. The van der Waals surface area contributed by atoms with E-state index in [9.17, 15) is 42.0 Å². The van der Waals surface area contributed by atoms with Crippen LogP contribution in [0.3, 0.4) is 0 Å². The molecule has 5 rings (SSSR count). The first-order chi connectivity index (χ1) is 19.8. The average molecular weight is 603 g/mol. The third-order valence-corrected chi connectivity index (χ3v) is 9.06. The summed E-state index contributed by atoms with van der Waals surface area (Å²) in [5, 5.41) is 20.1. The molecule has 1 atom stereocenters. The minimum Gasteiger partial charge on any atom is -0.477 e. The minimum atomic E-state index is -4.06. The van der Waals surface area contributed by atoms with Gasteiger partial charge in [-0.15, -0.1) is 0 Å². The van der Waals surface area contributed by atoms with E-state index in [1.54, 1.807) is 6.92 Å². The van der Waals surface area contributed by atoms with Crippen molar-refractivity contribution in [3.05, 3.63) is 104 Å². The number of carboxylic acid groups (broad SMARTS) is 1. The van der Waals surface area contributed by atoms with E-state index in [4.69, 9.17) is 0 Å². The number of nitro groups is 1. The van der Waals surface area contributed by atoms with Crippen molar-refractivity contribution < 1.29 is 36.4 Å². The Morgan fingerprint density at radius 3 is 2.26 bits per heavy atom. The van der Waals surface area contributed by atoms with Gasteiger partial charge in [-0.25, -0.2) is 26.4 Å². The van der Waals surface area contributed by atoms with Crippen molar-refractivity contribution in [2.24, 2.45) is 0 Å². The molecule has 1 N–H and O–H groups in total. The molecule has 1 aliphatic rings. The van der Waals surface area contributed by atoms with E-state index in [2.05, 4.69) is 0 Å². The van der Waals surface area contributed by atoms with Crippen molar-refractivity contribution in [1.29, 1.82) is 0 Å². The van der Waals surface area contributed by atoms with Gasteiger partial charge in [0, 0.05) is 55.5 Å². The SMILES string of the molecule is CC1CN(c2cc3c(cc2F)c(=O)c(C(=O)O)cn3-c2ccc(F)cc2F)CCN1S(=O)(=O)c1ccc([N+](=O)[O-])cc1. The van der Waals surface area contributed by atoms with Gasteiger partial charge in [0.2, 0.25) is 15.5 Å². The van der Waals surface area contributed by atoms with E-state index in [1.807, 2.05) is 0 Å². The Bertz CT molecular complexity index is 1930. The number of nitro benzene ring substituents is 1. The Hall–Kier alpha value is -4.76. The highest BCUT2D eigenvalue weighted by Crippen LogP contribution is 2.31. The summed E-state index contributed by atoms with van der Waals surface area (Å²) in [5.41, 5.74) is -2.42. The number of carboxylic acids is 1. The zero-order valence-corrected chi connectivity index (χ0v) is 22.5. The second kappa shape index (κ2) is 10.6. The van der Waals surface area contributed by atoms with E-state index in [1.165, 1.54) is 15.3 Å². The van der Waals surface area contributed by atoms with E-state index in [0.29, 0.717) is 6.07 Å². The number of benzene rings is 3. The van der Waals surface area contributed by atoms with E-state index in [-0.39, 0.29) is 52.5 Å². The van der Waals surface area contributed by atoms with Gasteiger partial charge in [0.15, 0.2) is 0 Å². The molecule has 3 aromatic carbocycles. The number of rotatable bonds is 6. The molecule has 0 spiro atoms. The quantitative estimate of drug-likeness (QED) is 0.259. The summed E-state index contributed by atoms with van der Waals surface area (Å²) in [7, 11) is -4.06. The topological polar surface area (TPSA) is 143 Å². The van der Waals surface area contributed by atoms with Gasteiger partial charge in [0.05, 0.1) is 26.7 Å². The van der Waals surface area contributed by atoms with Crippen molar-refractivity contribution in [1.82, 2.24) is 8.87 Å². The second-order valence-electron chi connectivity index (χ2n) is 9.63. The van der Waals surface area contributed by atoms with Crippen LogP contribution in [0.1, 0.15) is 17.3 Å². The maximum Gasteiger partial charge on any atom is 0.341 e. The maximum absolute atomic E-state index is 15.5. The van der Waals surface area contributed by atoms with Gasteiger partial charge < -0.3 is 14.6 Å². The Labute approximate surface area is 235 Å². The van der Waals surface area contributed by atoms with Crippen LogP contribution in [0.2, 0.25) is 0 Å². The molecule has 11 nitrogen and oxygen atoms in total. The molecule has 15 heteroatoms. The highest BCUT2D eigenvalue weighted by molar-refractivity contribution is 7.89. The molecule has 1 unspecified atom stereocenters. The number of pyridine rings is 1. The number of aromatic nitrogens is 1. The number of nitrogens with zero attached hydrogens (tertiary/aromatic N) is 4. The molecule has 0 bridgehead atoms. The summed E-state index contributed by atoms with van der Waals surface area (Å²) in [6, 6.07) is 8.37. The second-order valence-corrected chi connectivity index (χ2v) is 11.5. The van der Waals surface area contributed by atoms with E-state index in [0.717, 1.165) is 53.2 Å². The summed E-state index contributed by atoms with van der Waals surface area (Å²) in [4.78, 5) is 36.3. The van der Waals surface area contributed by atoms with Gasteiger partial charge >= 0.3 is 5.97 Å². The summed E-state index contributed by atoms with van der Waals surface area (Å²) in [6.45, 7) is 1.50. The molecule has 4 aromatic rings. The number of halogens is 3. The third kappa shape index (κ3) is 4.96. The van der Waals surface area contributed by atoms with Gasteiger partial charge in [-0.05, 0) is 43.3 Å². The lowest BCUT2D eigenvalue weighted by atomic mass is 10.1. The number of aromatic carboxylic acids is 1. The van der Waals surface area contributed by atoms with Crippen LogP contribution in [0.4, 0.5) is 24.5 Å². The van der Waals surface area contributed by atoms with Crippen LogP contribution in [-0.4, -0.2) is 59.0 Å². The fourth-order valence-electron chi connectivity index (χ4n) is 5.00. The first-order valence-corrected chi connectivity index (χ1v) is 13.8. The zero-order valence-electron chi connectivity index (χ0n) is 21.7. The first kappa shape index (κ1) is 28.8. The molecule has 1 aliphatic heterocycles. The van der Waals surface area contributed by atoms with Crippen LogP contribution in [-0.2, 0) is 10.0 Å². The van der Waals surface area contributed by atoms with Gasteiger partial charge in [0.25, 0.3) is 5.69 Å². The van der Waals surface area contributed by atoms with Crippen LogP contribution >= 0.6 is 0 Å². The molecular weight excluding hydrogens is 581 g/mol. The molecular formula is C27H21F3N4O7S. The summed E-state index contributed by atoms with van der Waals surface area (Å²) in [5.74, 6) is -4.46. The Kier molecular flexibility index (Phi) is 7.24. The number of carbonyl (C=O) groups is 1. The minimum absolute atomic E-state index is 0.00132. The Morgan fingerprint density at radius 2 is 1.67 bits per heavy atom. The van der Waals surface area contributed by atoms with Gasteiger partial charge in [-0.1, -0.05) is 0 Å². The summed E-state index contributed by atoms with van der Waals surface area (Å²) in [6.07, 6.45) is 0.877. The number of anilines is 1. The van der Waals surface area contributed by atoms with Crippen LogP contribution in [0, 0.1) is 27.6 Å². The number of non-ortho nitro benzene ring substituents is 1. The van der Waals surface area contributed by atoms with Crippen molar-refractivity contribution >= 4 is 38.3 Å². The predicted molar refractivity (Wildman–Crippen MR) is 145 cm³/mol. The zero-order chi connectivity index (χ0) is 30.5. The van der Waals surface area contributed by atoms with E-state index >= 15 is 4.39 Å². The number of fused-ring (bicyclic) bond motifs is 1. The van der Waals surface area contributed by atoms with Crippen molar-refractivity contribution in [3.8, 4) is 5.69 Å². The van der Waals surface area contributed by atoms with Crippen molar-refractivity contribution in [3.63, 3.8) is 0 Å². The molecule has 1 aromatic heterocycles. The Morgan fingerprint density at radius 1 is 1.00 bits per heavy atom. The molecule has 1 saturated heterocycles. The van der Waals surface area contributed by atoms with Crippen molar-refractivity contribution in [2.75, 3.05) is 24.5 Å². The lowest BCUT2D eigenvalue weighted by Gasteiger charge is -2.40. The molecule has 42 heavy (non-hydrogen) atoms. The maximum atomic E-state index is 15.5. The van der Waals surface area contributed by atoms with Crippen LogP contribution in [0.5, 0.6) is 0 Å². The largest absolute Gasteiger partial charge is 0.477 e. The van der Waals surface area contributed by atoms with Gasteiger partial charge in [-0.2, -0.15) is 4.31 Å². The smallest absolute Gasteiger partial charge is 0.341 e. The molecule has 0 saturated carbocycles. The molecule has 2 heterocycles. The summed E-state index contributed by atoms with van der Waals surface area (Å²) < 4.78 is 72.6. The molecule has 0 radical (unpaired) electrons. The van der Waals surface area contributed by atoms with Crippen LogP contribution < -0.4 is 10.3 Å². The van der Waals surface area contributed by atoms with E-state index < -0.39 is 55.4 Å².